The number of rotatable bonds is 2. The number of carboxylic acid groups (broad SMARTS) is 1. The van der Waals surface area contributed by atoms with Crippen molar-refractivity contribution in [1.29, 1.82) is 0 Å². The van der Waals surface area contributed by atoms with Crippen molar-refractivity contribution in [2.24, 2.45) is 5.92 Å². The lowest BCUT2D eigenvalue weighted by atomic mass is 9.89. The van der Waals surface area contributed by atoms with E-state index in [-0.39, 0.29) is 0 Å². The highest BCUT2D eigenvalue weighted by Gasteiger charge is 2.22. The summed E-state index contributed by atoms with van der Waals surface area (Å²) in [6.45, 7) is 0. The number of alkyl halides is 1. The Labute approximate surface area is 77.1 Å². The van der Waals surface area contributed by atoms with Crippen molar-refractivity contribution in [3.8, 4) is 0 Å². The SMILES string of the molecule is O=C(O)NC(Cl)C1CCCCC1. The fraction of sp³-hybridized carbons (Fsp3) is 0.875. The second-order valence-electron chi connectivity index (χ2n) is 3.25. The molecule has 1 unspecified atom stereocenters. The van der Waals surface area contributed by atoms with Crippen molar-refractivity contribution in [2.75, 3.05) is 0 Å². The summed E-state index contributed by atoms with van der Waals surface area (Å²) >= 11 is 5.86. The summed E-state index contributed by atoms with van der Waals surface area (Å²) in [7, 11) is 0. The van der Waals surface area contributed by atoms with Crippen LogP contribution < -0.4 is 5.32 Å². The van der Waals surface area contributed by atoms with E-state index in [1.807, 2.05) is 0 Å². The molecule has 12 heavy (non-hydrogen) atoms. The van der Waals surface area contributed by atoms with Crippen LogP contribution >= 0.6 is 11.6 Å². The Kier molecular flexibility index (Phi) is 3.66. The van der Waals surface area contributed by atoms with Gasteiger partial charge in [0, 0.05) is 0 Å². The van der Waals surface area contributed by atoms with Gasteiger partial charge in [-0.05, 0) is 18.8 Å². The summed E-state index contributed by atoms with van der Waals surface area (Å²) in [6.07, 6.45) is 4.68. The zero-order valence-electron chi connectivity index (χ0n) is 6.92. The van der Waals surface area contributed by atoms with Gasteiger partial charge in [0.25, 0.3) is 0 Å². The van der Waals surface area contributed by atoms with Crippen LogP contribution in [-0.2, 0) is 0 Å². The number of carbonyl (C=O) groups is 1. The topological polar surface area (TPSA) is 49.3 Å². The lowest BCUT2D eigenvalue weighted by Gasteiger charge is -2.25. The summed E-state index contributed by atoms with van der Waals surface area (Å²) in [5.41, 5.74) is -0.400. The molecule has 0 aliphatic heterocycles. The van der Waals surface area contributed by atoms with Crippen molar-refractivity contribution in [3.63, 3.8) is 0 Å². The molecule has 0 aromatic rings. The zero-order valence-corrected chi connectivity index (χ0v) is 7.68. The molecule has 70 valence electrons. The van der Waals surface area contributed by atoms with Gasteiger partial charge in [0.1, 0.15) is 5.50 Å². The number of amides is 1. The van der Waals surface area contributed by atoms with Gasteiger partial charge in [0.2, 0.25) is 0 Å². The van der Waals surface area contributed by atoms with E-state index in [9.17, 15) is 4.79 Å². The van der Waals surface area contributed by atoms with Crippen LogP contribution in [0.1, 0.15) is 32.1 Å². The predicted octanol–water partition coefficient (Wildman–Crippen LogP) is 2.40. The van der Waals surface area contributed by atoms with E-state index >= 15 is 0 Å². The maximum atomic E-state index is 10.3. The minimum absolute atomic E-state index is 0.330. The molecule has 0 aromatic carbocycles. The minimum atomic E-state index is -1.03. The highest BCUT2D eigenvalue weighted by Crippen LogP contribution is 2.27. The van der Waals surface area contributed by atoms with Gasteiger partial charge in [0.05, 0.1) is 0 Å². The fourth-order valence-corrected chi connectivity index (χ4v) is 2.01. The molecule has 1 saturated carbocycles. The first kappa shape index (κ1) is 9.65. The molecule has 4 heteroatoms. The van der Waals surface area contributed by atoms with Gasteiger partial charge in [-0.25, -0.2) is 4.79 Å². The molecular formula is C8H14ClNO2. The molecule has 0 radical (unpaired) electrons. The first-order valence-corrected chi connectivity index (χ1v) is 4.77. The van der Waals surface area contributed by atoms with Gasteiger partial charge in [-0.3, -0.25) is 0 Å². The number of hydrogen-bond acceptors (Lipinski definition) is 1. The molecule has 1 aliphatic rings. The predicted molar refractivity (Wildman–Crippen MR) is 47.4 cm³/mol. The molecule has 1 rings (SSSR count). The maximum absolute atomic E-state index is 10.3. The standard InChI is InChI=1S/C8H14ClNO2/c9-7(10-8(11)12)6-4-2-1-3-5-6/h6-7,10H,1-5H2,(H,11,12). The van der Waals surface area contributed by atoms with E-state index in [0.717, 1.165) is 12.8 Å². The monoisotopic (exact) mass is 191 g/mol. The summed E-state index contributed by atoms with van der Waals surface area (Å²) in [4.78, 5) is 10.3. The van der Waals surface area contributed by atoms with Gasteiger partial charge in [0.15, 0.2) is 0 Å². The molecular weight excluding hydrogens is 178 g/mol. The van der Waals surface area contributed by atoms with Gasteiger partial charge >= 0.3 is 6.09 Å². The molecule has 0 bridgehead atoms. The molecule has 0 heterocycles. The van der Waals surface area contributed by atoms with E-state index < -0.39 is 11.6 Å². The van der Waals surface area contributed by atoms with Gasteiger partial charge in [-0.1, -0.05) is 30.9 Å². The van der Waals surface area contributed by atoms with Gasteiger partial charge in [-0.2, -0.15) is 0 Å². The molecule has 1 fully saturated rings. The average Bonchev–Trinajstić information content (AvgIpc) is 2.05. The van der Waals surface area contributed by atoms with Gasteiger partial charge < -0.3 is 10.4 Å². The van der Waals surface area contributed by atoms with Crippen molar-refractivity contribution in [3.05, 3.63) is 0 Å². The molecule has 1 aliphatic carbocycles. The van der Waals surface area contributed by atoms with Crippen LogP contribution in [0.3, 0.4) is 0 Å². The Balaban J connectivity index is 2.29. The van der Waals surface area contributed by atoms with Crippen LogP contribution in [-0.4, -0.2) is 16.7 Å². The second kappa shape index (κ2) is 4.55. The summed E-state index contributed by atoms with van der Waals surface area (Å²) < 4.78 is 0. The summed E-state index contributed by atoms with van der Waals surface area (Å²) in [6, 6.07) is 0. The van der Waals surface area contributed by atoms with E-state index in [0.29, 0.717) is 5.92 Å². The molecule has 1 amide bonds. The maximum Gasteiger partial charge on any atom is 0.405 e. The Hall–Kier alpha value is -0.440. The highest BCUT2D eigenvalue weighted by molar-refractivity contribution is 6.21. The first-order valence-electron chi connectivity index (χ1n) is 4.33. The third-order valence-corrected chi connectivity index (χ3v) is 2.79. The van der Waals surface area contributed by atoms with Crippen LogP contribution in [0.5, 0.6) is 0 Å². The Bertz CT molecular complexity index is 157. The average molecular weight is 192 g/mol. The van der Waals surface area contributed by atoms with E-state index in [2.05, 4.69) is 5.32 Å². The largest absolute Gasteiger partial charge is 0.465 e. The molecule has 2 N–H and O–H groups in total. The molecule has 1 atom stereocenters. The summed E-state index contributed by atoms with van der Waals surface area (Å²) in [5.74, 6) is 0.330. The molecule has 0 aromatic heterocycles. The number of nitrogens with one attached hydrogen (secondary N) is 1. The van der Waals surface area contributed by atoms with E-state index in [1.165, 1.54) is 19.3 Å². The first-order chi connectivity index (χ1) is 5.70. The quantitative estimate of drug-likeness (QED) is 0.520. The van der Waals surface area contributed by atoms with Crippen molar-refractivity contribution < 1.29 is 9.90 Å². The minimum Gasteiger partial charge on any atom is -0.465 e. The molecule has 0 saturated heterocycles. The second-order valence-corrected chi connectivity index (χ2v) is 3.72. The lowest BCUT2D eigenvalue weighted by molar-refractivity contribution is 0.187. The van der Waals surface area contributed by atoms with Crippen LogP contribution in [0.15, 0.2) is 0 Å². The highest BCUT2D eigenvalue weighted by atomic mass is 35.5. The van der Waals surface area contributed by atoms with Crippen LogP contribution in [0.25, 0.3) is 0 Å². The van der Waals surface area contributed by atoms with Crippen molar-refractivity contribution in [2.45, 2.75) is 37.6 Å². The normalized spacial score (nSPS) is 21.8. The van der Waals surface area contributed by atoms with E-state index in [4.69, 9.17) is 16.7 Å². The van der Waals surface area contributed by atoms with E-state index in [1.54, 1.807) is 0 Å². The molecule has 0 spiro atoms. The molecule has 3 nitrogen and oxygen atoms in total. The van der Waals surface area contributed by atoms with Crippen LogP contribution in [0.2, 0.25) is 0 Å². The zero-order chi connectivity index (χ0) is 8.97. The van der Waals surface area contributed by atoms with Crippen molar-refractivity contribution in [1.82, 2.24) is 5.32 Å². The third-order valence-electron chi connectivity index (χ3n) is 2.33. The Morgan fingerprint density at radius 3 is 2.50 bits per heavy atom. The number of hydrogen-bond donors (Lipinski definition) is 2. The third kappa shape index (κ3) is 2.89. The van der Waals surface area contributed by atoms with Crippen LogP contribution in [0.4, 0.5) is 4.79 Å². The van der Waals surface area contributed by atoms with Gasteiger partial charge in [-0.15, -0.1) is 0 Å². The number of halogens is 1. The van der Waals surface area contributed by atoms with Crippen molar-refractivity contribution >= 4 is 17.7 Å². The Morgan fingerprint density at radius 2 is 2.00 bits per heavy atom. The smallest absolute Gasteiger partial charge is 0.405 e. The fourth-order valence-electron chi connectivity index (χ4n) is 1.66. The van der Waals surface area contributed by atoms with Crippen LogP contribution in [0, 0.1) is 5.92 Å². The summed E-state index contributed by atoms with van der Waals surface area (Å²) in [5, 5.41) is 10.7. The Morgan fingerprint density at radius 1 is 1.42 bits per heavy atom. The lowest BCUT2D eigenvalue weighted by Crippen LogP contribution is -2.36.